The van der Waals surface area contributed by atoms with E-state index >= 15 is 0 Å². The maximum Gasteiger partial charge on any atom is 0.00939 e. The van der Waals surface area contributed by atoms with Crippen molar-refractivity contribution in [3.05, 3.63) is 0 Å². The summed E-state index contributed by atoms with van der Waals surface area (Å²) < 4.78 is 0. The maximum absolute atomic E-state index is 5.82. The average Bonchev–Trinajstić information content (AvgIpc) is 1.88. The fourth-order valence-electron chi connectivity index (χ4n) is 1.59. The van der Waals surface area contributed by atoms with Gasteiger partial charge in [-0.25, -0.2) is 0 Å². The van der Waals surface area contributed by atoms with E-state index in [0.29, 0.717) is 18.5 Å². The van der Waals surface area contributed by atoms with Gasteiger partial charge in [0.05, 0.1) is 0 Å². The van der Waals surface area contributed by atoms with Crippen molar-refractivity contribution < 1.29 is 0 Å². The summed E-state index contributed by atoms with van der Waals surface area (Å²) in [6.07, 6.45) is 3.15. The molecular weight excluding hydrogens is 126 g/mol. The van der Waals surface area contributed by atoms with E-state index in [-0.39, 0.29) is 6.04 Å². The molecule has 60 valence electrons. The fourth-order valence-corrected chi connectivity index (χ4v) is 1.59. The molecule has 3 unspecified atom stereocenters. The first-order chi connectivity index (χ1) is 4.74. The molecule has 6 N–H and O–H groups in total. The maximum atomic E-state index is 5.82. The molecular formula is C7H17N3. The van der Waals surface area contributed by atoms with Crippen LogP contribution in [0, 0.1) is 5.92 Å². The first-order valence-corrected chi connectivity index (χ1v) is 3.95. The second-order valence-electron chi connectivity index (χ2n) is 3.23. The third-order valence-corrected chi connectivity index (χ3v) is 2.39. The van der Waals surface area contributed by atoms with Crippen molar-refractivity contribution in [2.24, 2.45) is 23.1 Å². The normalized spacial score (nSPS) is 41.7. The highest BCUT2D eigenvalue weighted by molar-refractivity contribution is 4.84. The van der Waals surface area contributed by atoms with Gasteiger partial charge in [0.1, 0.15) is 0 Å². The van der Waals surface area contributed by atoms with E-state index in [1.807, 2.05) is 0 Å². The van der Waals surface area contributed by atoms with Crippen molar-refractivity contribution in [2.75, 3.05) is 6.54 Å². The molecule has 1 rings (SSSR count). The van der Waals surface area contributed by atoms with Gasteiger partial charge in [0.2, 0.25) is 0 Å². The highest BCUT2D eigenvalue weighted by Crippen LogP contribution is 2.20. The van der Waals surface area contributed by atoms with Crippen LogP contribution in [0.25, 0.3) is 0 Å². The predicted molar refractivity (Wildman–Crippen MR) is 42.3 cm³/mol. The summed E-state index contributed by atoms with van der Waals surface area (Å²) in [6, 6.07) is 0.562. The summed E-state index contributed by atoms with van der Waals surface area (Å²) in [6.45, 7) is 0.716. The van der Waals surface area contributed by atoms with Crippen molar-refractivity contribution in [3.63, 3.8) is 0 Å². The minimum atomic E-state index is 0.244. The summed E-state index contributed by atoms with van der Waals surface area (Å²) in [4.78, 5) is 0. The van der Waals surface area contributed by atoms with Crippen LogP contribution < -0.4 is 17.2 Å². The Morgan fingerprint density at radius 2 is 1.90 bits per heavy atom. The molecule has 10 heavy (non-hydrogen) atoms. The van der Waals surface area contributed by atoms with Crippen LogP contribution in [0.3, 0.4) is 0 Å². The van der Waals surface area contributed by atoms with Crippen LogP contribution in [0.5, 0.6) is 0 Å². The second-order valence-corrected chi connectivity index (χ2v) is 3.23. The Balaban J connectivity index is 2.36. The van der Waals surface area contributed by atoms with E-state index in [9.17, 15) is 0 Å². The first-order valence-electron chi connectivity index (χ1n) is 3.95. The number of hydrogen-bond acceptors (Lipinski definition) is 3. The van der Waals surface area contributed by atoms with Crippen LogP contribution >= 0.6 is 0 Å². The van der Waals surface area contributed by atoms with Gasteiger partial charge in [0.15, 0.2) is 0 Å². The van der Waals surface area contributed by atoms with E-state index in [1.165, 1.54) is 0 Å². The molecule has 1 saturated carbocycles. The number of hydrogen-bond donors (Lipinski definition) is 3. The minimum Gasteiger partial charge on any atom is -0.330 e. The zero-order chi connectivity index (χ0) is 7.56. The molecule has 1 fully saturated rings. The van der Waals surface area contributed by atoms with Gasteiger partial charge in [-0.15, -0.1) is 0 Å². The third kappa shape index (κ3) is 1.68. The van der Waals surface area contributed by atoms with Gasteiger partial charge in [0.25, 0.3) is 0 Å². The lowest BCUT2D eigenvalue weighted by Crippen LogP contribution is -2.44. The Bertz CT molecular complexity index is 105. The van der Waals surface area contributed by atoms with Crippen LogP contribution in [-0.2, 0) is 0 Å². The van der Waals surface area contributed by atoms with Crippen LogP contribution in [-0.4, -0.2) is 18.6 Å². The highest BCUT2D eigenvalue weighted by Gasteiger charge is 2.24. The Kier molecular flexibility index (Phi) is 2.65. The average molecular weight is 143 g/mol. The minimum absolute atomic E-state index is 0.244. The summed E-state index contributed by atoms with van der Waals surface area (Å²) in [7, 11) is 0. The van der Waals surface area contributed by atoms with Crippen LogP contribution in [0.4, 0.5) is 0 Å². The number of nitrogens with two attached hydrogens (primary N) is 3. The lowest BCUT2D eigenvalue weighted by atomic mass is 9.83. The third-order valence-electron chi connectivity index (χ3n) is 2.39. The Labute approximate surface area is 61.9 Å². The molecule has 1 aliphatic rings. The highest BCUT2D eigenvalue weighted by atomic mass is 14.7. The Hall–Kier alpha value is -0.120. The van der Waals surface area contributed by atoms with Gasteiger partial charge in [-0.1, -0.05) is 0 Å². The van der Waals surface area contributed by atoms with Crippen LogP contribution in [0.2, 0.25) is 0 Å². The molecule has 3 nitrogen and oxygen atoms in total. The Morgan fingerprint density at radius 1 is 1.20 bits per heavy atom. The molecule has 0 aliphatic heterocycles. The molecule has 0 radical (unpaired) electrons. The molecule has 0 aromatic heterocycles. The van der Waals surface area contributed by atoms with Crippen molar-refractivity contribution in [1.29, 1.82) is 0 Å². The monoisotopic (exact) mass is 143 g/mol. The smallest absolute Gasteiger partial charge is 0.00939 e. The second kappa shape index (κ2) is 3.32. The molecule has 0 heterocycles. The van der Waals surface area contributed by atoms with E-state index < -0.39 is 0 Å². The van der Waals surface area contributed by atoms with Crippen LogP contribution in [0.1, 0.15) is 19.3 Å². The summed E-state index contributed by atoms with van der Waals surface area (Å²) >= 11 is 0. The molecule has 0 spiro atoms. The zero-order valence-electron chi connectivity index (χ0n) is 6.29. The van der Waals surface area contributed by atoms with Gasteiger partial charge in [-0.3, -0.25) is 0 Å². The van der Waals surface area contributed by atoms with Gasteiger partial charge in [0, 0.05) is 12.1 Å². The lowest BCUT2D eigenvalue weighted by Gasteiger charge is -2.31. The van der Waals surface area contributed by atoms with Crippen molar-refractivity contribution in [3.8, 4) is 0 Å². The van der Waals surface area contributed by atoms with Gasteiger partial charge in [-0.05, 0) is 31.7 Å². The van der Waals surface area contributed by atoms with Gasteiger partial charge in [-0.2, -0.15) is 0 Å². The standard InChI is InChI=1S/C7H17N3/c8-4-5-1-2-6(9)3-7(5)10/h5-7H,1-4,8-10H2. The largest absolute Gasteiger partial charge is 0.330 e. The van der Waals surface area contributed by atoms with Crippen molar-refractivity contribution >= 4 is 0 Å². The lowest BCUT2D eigenvalue weighted by molar-refractivity contribution is 0.288. The molecule has 0 bridgehead atoms. The fraction of sp³-hybridized carbons (Fsp3) is 1.00. The van der Waals surface area contributed by atoms with E-state index in [0.717, 1.165) is 19.3 Å². The SMILES string of the molecule is NCC1CCC(N)CC1N. The Morgan fingerprint density at radius 3 is 2.40 bits per heavy atom. The number of rotatable bonds is 1. The first kappa shape index (κ1) is 7.98. The molecule has 3 heteroatoms. The van der Waals surface area contributed by atoms with Gasteiger partial charge < -0.3 is 17.2 Å². The van der Waals surface area contributed by atoms with Crippen molar-refractivity contribution in [1.82, 2.24) is 0 Å². The summed E-state index contributed by atoms with van der Waals surface area (Å²) in [5.41, 5.74) is 17.1. The quantitative estimate of drug-likeness (QED) is 0.458. The summed E-state index contributed by atoms with van der Waals surface area (Å²) in [5.74, 6) is 0.514. The van der Waals surface area contributed by atoms with E-state index in [2.05, 4.69) is 0 Å². The molecule has 3 atom stereocenters. The topological polar surface area (TPSA) is 78.1 Å². The molecule has 1 aliphatic carbocycles. The molecule has 0 saturated heterocycles. The zero-order valence-corrected chi connectivity index (χ0v) is 6.29. The molecule has 0 aromatic carbocycles. The van der Waals surface area contributed by atoms with E-state index in [1.54, 1.807) is 0 Å². The molecule has 0 amide bonds. The van der Waals surface area contributed by atoms with Crippen molar-refractivity contribution in [2.45, 2.75) is 31.3 Å². The predicted octanol–water partition coefficient (Wildman–Crippen LogP) is -0.600. The summed E-state index contributed by atoms with van der Waals surface area (Å²) in [5, 5.41) is 0. The van der Waals surface area contributed by atoms with Gasteiger partial charge >= 0.3 is 0 Å². The molecule has 0 aromatic rings. The van der Waals surface area contributed by atoms with E-state index in [4.69, 9.17) is 17.2 Å². The van der Waals surface area contributed by atoms with Crippen LogP contribution in [0.15, 0.2) is 0 Å².